The second-order valence-corrected chi connectivity index (χ2v) is 9.83. The van der Waals surface area contributed by atoms with E-state index >= 15 is 0 Å². The maximum Gasteiger partial charge on any atom is 0.255 e. The minimum Gasteiger partial charge on any atom is -0.379 e. The van der Waals surface area contributed by atoms with Crippen LogP contribution in [0.1, 0.15) is 22.6 Å². The Morgan fingerprint density at radius 2 is 1.69 bits per heavy atom. The first-order valence-electron chi connectivity index (χ1n) is 10.7. The smallest absolute Gasteiger partial charge is 0.255 e. The van der Waals surface area contributed by atoms with Crippen molar-refractivity contribution >= 4 is 21.6 Å². The molecule has 0 radical (unpaired) electrons. The lowest BCUT2D eigenvalue weighted by Gasteiger charge is -2.26. The number of carbonyl (C=O) groups is 1. The number of hydrogen-bond acceptors (Lipinski definition) is 5. The number of aromatic nitrogens is 2. The highest BCUT2D eigenvalue weighted by Gasteiger charge is 2.26. The average molecular weight is 453 g/mol. The molecule has 3 aromatic rings. The van der Waals surface area contributed by atoms with E-state index in [1.807, 2.05) is 30.5 Å². The molecule has 5 rings (SSSR count). The van der Waals surface area contributed by atoms with Crippen LogP contribution in [-0.4, -0.2) is 54.5 Å². The standard InChI is InChI=1S/C23H24N4O4S/c28-23(18-5-9-20(10-6-18)32(29,30)26-12-14-31-15-13-26)25-19-7-3-17(4-8-19)21-16-24-22-2-1-11-27(21)22/h3-10,16H,1-2,11-15H2,(H,25,28). The quantitative estimate of drug-likeness (QED) is 0.643. The van der Waals surface area contributed by atoms with Crippen molar-refractivity contribution in [3.8, 4) is 11.3 Å². The van der Waals surface area contributed by atoms with Crippen molar-refractivity contribution in [1.82, 2.24) is 13.9 Å². The van der Waals surface area contributed by atoms with Gasteiger partial charge in [-0.2, -0.15) is 4.31 Å². The monoisotopic (exact) mass is 452 g/mol. The van der Waals surface area contributed by atoms with Crippen LogP contribution in [0.5, 0.6) is 0 Å². The number of fused-ring (bicyclic) bond motifs is 1. The van der Waals surface area contributed by atoms with E-state index in [0.29, 0.717) is 37.6 Å². The van der Waals surface area contributed by atoms with Crippen molar-refractivity contribution in [2.75, 3.05) is 31.6 Å². The Morgan fingerprint density at radius 1 is 0.969 bits per heavy atom. The lowest BCUT2D eigenvalue weighted by molar-refractivity contribution is 0.0730. The number of anilines is 1. The third-order valence-corrected chi connectivity index (χ3v) is 7.80. The van der Waals surface area contributed by atoms with Crippen LogP contribution in [0.15, 0.2) is 59.6 Å². The van der Waals surface area contributed by atoms with Gasteiger partial charge in [-0.05, 0) is 48.4 Å². The Balaban J connectivity index is 1.27. The Bertz CT molecular complexity index is 1230. The van der Waals surface area contributed by atoms with Crippen LogP contribution in [-0.2, 0) is 27.7 Å². The summed E-state index contributed by atoms with van der Waals surface area (Å²) in [7, 11) is -3.58. The van der Waals surface area contributed by atoms with Gasteiger partial charge in [-0.3, -0.25) is 4.79 Å². The first kappa shape index (κ1) is 20.9. The predicted molar refractivity (Wildman–Crippen MR) is 120 cm³/mol. The van der Waals surface area contributed by atoms with Crippen LogP contribution in [0.4, 0.5) is 5.69 Å². The van der Waals surface area contributed by atoms with Gasteiger partial charge in [0.05, 0.1) is 30.0 Å². The van der Waals surface area contributed by atoms with Gasteiger partial charge in [0.25, 0.3) is 5.91 Å². The van der Waals surface area contributed by atoms with E-state index in [9.17, 15) is 13.2 Å². The molecule has 0 atom stereocenters. The van der Waals surface area contributed by atoms with Gasteiger partial charge >= 0.3 is 0 Å². The number of sulfonamides is 1. The fourth-order valence-electron chi connectivity index (χ4n) is 4.13. The van der Waals surface area contributed by atoms with E-state index in [2.05, 4.69) is 14.9 Å². The van der Waals surface area contributed by atoms with E-state index in [1.54, 1.807) is 0 Å². The molecule has 0 aliphatic carbocycles. The molecule has 1 N–H and O–H groups in total. The average Bonchev–Trinajstić information content (AvgIpc) is 3.45. The lowest BCUT2D eigenvalue weighted by atomic mass is 10.1. The minimum atomic E-state index is -3.58. The van der Waals surface area contributed by atoms with Gasteiger partial charge < -0.3 is 14.6 Å². The Labute approximate surface area is 186 Å². The fourth-order valence-corrected chi connectivity index (χ4v) is 5.54. The number of imidazole rings is 1. The molecule has 1 saturated heterocycles. The molecule has 0 saturated carbocycles. The summed E-state index contributed by atoms with van der Waals surface area (Å²) >= 11 is 0. The highest BCUT2D eigenvalue weighted by Crippen LogP contribution is 2.27. The van der Waals surface area contributed by atoms with Crippen LogP contribution in [0.25, 0.3) is 11.3 Å². The molecular formula is C23H24N4O4S. The van der Waals surface area contributed by atoms with Crippen molar-refractivity contribution in [1.29, 1.82) is 0 Å². The summed E-state index contributed by atoms with van der Waals surface area (Å²) in [4.78, 5) is 17.3. The third-order valence-electron chi connectivity index (χ3n) is 5.88. The number of hydrogen-bond donors (Lipinski definition) is 1. The summed E-state index contributed by atoms with van der Waals surface area (Å²) in [6.07, 6.45) is 4.03. The first-order chi connectivity index (χ1) is 15.5. The molecule has 1 amide bonds. The molecule has 0 spiro atoms. The van der Waals surface area contributed by atoms with Crippen molar-refractivity contribution in [2.24, 2.45) is 0 Å². The summed E-state index contributed by atoms with van der Waals surface area (Å²) in [5, 5.41) is 2.87. The minimum absolute atomic E-state index is 0.175. The molecular weight excluding hydrogens is 428 g/mol. The highest BCUT2D eigenvalue weighted by atomic mass is 32.2. The number of ether oxygens (including phenoxy) is 1. The topological polar surface area (TPSA) is 93.5 Å². The molecule has 166 valence electrons. The lowest BCUT2D eigenvalue weighted by Crippen LogP contribution is -2.40. The first-order valence-corrected chi connectivity index (χ1v) is 12.1. The van der Waals surface area contributed by atoms with Crippen LogP contribution in [0.3, 0.4) is 0 Å². The van der Waals surface area contributed by atoms with Crippen molar-refractivity contribution in [2.45, 2.75) is 24.3 Å². The number of nitrogens with zero attached hydrogens (tertiary/aromatic N) is 3. The Hall–Kier alpha value is -3.01. The van der Waals surface area contributed by atoms with Crippen molar-refractivity contribution in [3.05, 3.63) is 66.1 Å². The van der Waals surface area contributed by atoms with Gasteiger partial charge in [0, 0.05) is 37.3 Å². The number of rotatable bonds is 5. The second kappa shape index (κ2) is 8.50. The van der Waals surface area contributed by atoms with Crippen LogP contribution in [0, 0.1) is 0 Å². The molecule has 2 aliphatic rings. The third kappa shape index (κ3) is 3.94. The molecule has 2 aromatic carbocycles. The van der Waals surface area contributed by atoms with Gasteiger partial charge in [0.1, 0.15) is 5.82 Å². The molecule has 0 unspecified atom stereocenters. The Morgan fingerprint density at radius 3 is 2.41 bits per heavy atom. The largest absolute Gasteiger partial charge is 0.379 e. The predicted octanol–water partition coefficient (Wildman–Crippen LogP) is 2.77. The van der Waals surface area contributed by atoms with Gasteiger partial charge in [-0.15, -0.1) is 0 Å². The summed E-state index contributed by atoms with van der Waals surface area (Å²) in [6, 6.07) is 13.7. The van der Waals surface area contributed by atoms with Gasteiger partial charge in [0.2, 0.25) is 10.0 Å². The summed E-state index contributed by atoms with van der Waals surface area (Å²) in [5.74, 6) is 0.828. The number of nitrogens with one attached hydrogen (secondary N) is 1. The van der Waals surface area contributed by atoms with E-state index in [4.69, 9.17) is 4.74 Å². The molecule has 32 heavy (non-hydrogen) atoms. The normalized spacial score (nSPS) is 16.6. The van der Waals surface area contributed by atoms with Crippen LogP contribution < -0.4 is 5.32 Å². The molecule has 1 aromatic heterocycles. The molecule has 3 heterocycles. The maximum absolute atomic E-state index is 12.7. The molecule has 9 heteroatoms. The highest BCUT2D eigenvalue weighted by molar-refractivity contribution is 7.89. The molecule has 0 bridgehead atoms. The number of morpholine rings is 1. The number of amides is 1. The maximum atomic E-state index is 12.7. The van der Waals surface area contributed by atoms with Crippen molar-refractivity contribution < 1.29 is 17.9 Å². The Kier molecular flexibility index (Phi) is 5.54. The van der Waals surface area contributed by atoms with Gasteiger partial charge in [0.15, 0.2) is 0 Å². The van der Waals surface area contributed by atoms with E-state index < -0.39 is 10.0 Å². The second-order valence-electron chi connectivity index (χ2n) is 7.89. The molecule has 2 aliphatic heterocycles. The fraction of sp³-hybridized carbons (Fsp3) is 0.304. The van der Waals surface area contributed by atoms with Gasteiger partial charge in [-0.25, -0.2) is 13.4 Å². The van der Waals surface area contributed by atoms with Gasteiger partial charge in [-0.1, -0.05) is 12.1 Å². The zero-order chi connectivity index (χ0) is 22.1. The van der Waals surface area contributed by atoms with E-state index in [-0.39, 0.29) is 10.8 Å². The summed E-state index contributed by atoms with van der Waals surface area (Å²) in [6.45, 7) is 2.44. The van der Waals surface area contributed by atoms with Crippen LogP contribution in [0.2, 0.25) is 0 Å². The SMILES string of the molecule is O=C(Nc1ccc(-c2cnc3n2CCC3)cc1)c1ccc(S(=O)(=O)N2CCOCC2)cc1. The summed E-state index contributed by atoms with van der Waals surface area (Å²) < 4.78 is 34.3. The van der Waals surface area contributed by atoms with E-state index in [1.165, 1.54) is 28.6 Å². The number of benzene rings is 2. The molecule has 8 nitrogen and oxygen atoms in total. The zero-order valence-electron chi connectivity index (χ0n) is 17.5. The van der Waals surface area contributed by atoms with E-state index in [0.717, 1.165) is 36.5 Å². The summed E-state index contributed by atoms with van der Waals surface area (Å²) in [5.41, 5.74) is 3.21. The number of aryl methyl sites for hydroxylation is 1. The zero-order valence-corrected chi connectivity index (χ0v) is 18.3. The van der Waals surface area contributed by atoms with Crippen LogP contribution >= 0.6 is 0 Å². The van der Waals surface area contributed by atoms with Crippen molar-refractivity contribution in [3.63, 3.8) is 0 Å². The number of carbonyl (C=O) groups excluding carboxylic acids is 1. The molecule has 1 fully saturated rings.